The summed E-state index contributed by atoms with van der Waals surface area (Å²) in [5.41, 5.74) is 9.75. The molecule has 2 aromatic rings. The number of nitrogens with zero attached hydrogens (tertiary/aromatic N) is 1. The number of nitrogens with one attached hydrogen (secondary N) is 2. The molecule has 7 nitrogen and oxygen atoms in total. The van der Waals surface area contributed by atoms with E-state index in [9.17, 15) is 14.4 Å². The molecular formula is C20H20N4O3. The smallest absolute Gasteiger partial charge is 0.255 e. The fourth-order valence-corrected chi connectivity index (χ4v) is 3.68. The van der Waals surface area contributed by atoms with Gasteiger partial charge in [0.2, 0.25) is 11.8 Å². The summed E-state index contributed by atoms with van der Waals surface area (Å²) in [6, 6.07) is 12.6. The zero-order chi connectivity index (χ0) is 19.0. The zero-order valence-corrected chi connectivity index (χ0v) is 14.7. The average molecular weight is 364 g/mol. The molecule has 0 radical (unpaired) electrons. The molecule has 2 aliphatic rings. The third kappa shape index (κ3) is 3.23. The Labute approximate surface area is 156 Å². The molecule has 0 aromatic heterocycles. The number of rotatable bonds is 4. The fraction of sp³-hybridized carbons (Fsp3) is 0.250. The normalized spacial score (nSPS) is 19.0. The number of imide groups is 1. The minimum atomic E-state index is -0.600. The third-order valence-electron chi connectivity index (χ3n) is 5.01. The van der Waals surface area contributed by atoms with Gasteiger partial charge in [0.15, 0.2) is 0 Å². The van der Waals surface area contributed by atoms with Gasteiger partial charge in [0.1, 0.15) is 6.04 Å². The number of fused-ring (bicyclic) bond motifs is 1. The lowest BCUT2D eigenvalue weighted by atomic mass is 10.0. The van der Waals surface area contributed by atoms with E-state index in [0.717, 1.165) is 16.8 Å². The summed E-state index contributed by atoms with van der Waals surface area (Å²) in [5, 5.41) is 5.61. The second-order valence-electron chi connectivity index (χ2n) is 6.83. The number of nitrogens with two attached hydrogens (primary N) is 1. The minimum Gasteiger partial charge on any atom is -0.399 e. The van der Waals surface area contributed by atoms with Crippen LogP contribution in [0.5, 0.6) is 0 Å². The number of carbonyl (C=O) groups excluding carboxylic acids is 3. The monoisotopic (exact) mass is 364 g/mol. The van der Waals surface area contributed by atoms with Crippen molar-refractivity contribution < 1.29 is 14.4 Å². The number of benzene rings is 2. The summed E-state index contributed by atoms with van der Waals surface area (Å²) in [7, 11) is 0. The van der Waals surface area contributed by atoms with E-state index < -0.39 is 11.9 Å². The molecule has 0 saturated carbocycles. The first-order chi connectivity index (χ1) is 13.0. The van der Waals surface area contributed by atoms with E-state index >= 15 is 0 Å². The molecule has 2 aliphatic heterocycles. The SMILES string of the molecule is Nc1cccc(NCc2cccc3c2C(=O)N(C2CCC(=O)NC2=O)C3)c1. The Morgan fingerprint density at radius 1 is 1.15 bits per heavy atom. The Bertz CT molecular complexity index is 941. The van der Waals surface area contributed by atoms with Crippen molar-refractivity contribution in [3.05, 3.63) is 59.2 Å². The Kier molecular flexibility index (Phi) is 4.27. The largest absolute Gasteiger partial charge is 0.399 e. The van der Waals surface area contributed by atoms with Crippen LogP contribution in [0.2, 0.25) is 0 Å². The molecule has 7 heteroatoms. The molecule has 0 bridgehead atoms. The van der Waals surface area contributed by atoms with Crippen LogP contribution in [0.15, 0.2) is 42.5 Å². The van der Waals surface area contributed by atoms with Crippen LogP contribution in [0, 0.1) is 0 Å². The first-order valence-electron chi connectivity index (χ1n) is 8.88. The average Bonchev–Trinajstić information content (AvgIpc) is 2.97. The number of carbonyl (C=O) groups is 3. The maximum absolute atomic E-state index is 13.0. The highest BCUT2D eigenvalue weighted by atomic mass is 16.2. The highest BCUT2D eigenvalue weighted by Crippen LogP contribution is 2.30. The van der Waals surface area contributed by atoms with Gasteiger partial charge in [0.25, 0.3) is 5.91 Å². The Hall–Kier alpha value is -3.35. The number of anilines is 2. The Balaban J connectivity index is 1.54. The van der Waals surface area contributed by atoms with Crippen molar-refractivity contribution in [3.8, 4) is 0 Å². The van der Waals surface area contributed by atoms with Crippen LogP contribution in [0.4, 0.5) is 11.4 Å². The van der Waals surface area contributed by atoms with E-state index in [2.05, 4.69) is 10.6 Å². The fourth-order valence-electron chi connectivity index (χ4n) is 3.68. The summed E-state index contributed by atoms with van der Waals surface area (Å²) in [6.07, 6.45) is 0.613. The van der Waals surface area contributed by atoms with Gasteiger partial charge >= 0.3 is 0 Å². The summed E-state index contributed by atoms with van der Waals surface area (Å²) >= 11 is 0. The maximum atomic E-state index is 13.0. The summed E-state index contributed by atoms with van der Waals surface area (Å²) in [4.78, 5) is 38.1. The van der Waals surface area contributed by atoms with Crippen LogP contribution < -0.4 is 16.4 Å². The molecule has 2 aromatic carbocycles. The van der Waals surface area contributed by atoms with Crippen LogP contribution in [-0.2, 0) is 22.7 Å². The van der Waals surface area contributed by atoms with Gasteiger partial charge in [0.05, 0.1) is 0 Å². The van der Waals surface area contributed by atoms with Gasteiger partial charge in [-0.25, -0.2) is 0 Å². The van der Waals surface area contributed by atoms with E-state index in [0.29, 0.717) is 30.8 Å². The molecule has 138 valence electrons. The summed E-state index contributed by atoms with van der Waals surface area (Å²) in [6.45, 7) is 0.855. The molecule has 1 fully saturated rings. The number of hydrogen-bond acceptors (Lipinski definition) is 5. The number of piperidine rings is 1. The molecule has 1 saturated heterocycles. The maximum Gasteiger partial charge on any atom is 0.255 e. The van der Waals surface area contributed by atoms with Gasteiger partial charge in [-0.05, 0) is 35.7 Å². The summed E-state index contributed by atoms with van der Waals surface area (Å²) in [5.74, 6) is -0.844. The number of nitrogen functional groups attached to an aromatic ring is 1. The van der Waals surface area contributed by atoms with Gasteiger partial charge in [-0.2, -0.15) is 0 Å². The van der Waals surface area contributed by atoms with Gasteiger partial charge in [-0.15, -0.1) is 0 Å². The van der Waals surface area contributed by atoms with Crippen molar-refractivity contribution in [1.82, 2.24) is 10.2 Å². The van der Waals surface area contributed by atoms with Crippen molar-refractivity contribution in [2.24, 2.45) is 0 Å². The predicted molar refractivity (Wildman–Crippen MR) is 101 cm³/mol. The highest BCUT2D eigenvalue weighted by molar-refractivity contribution is 6.06. The Morgan fingerprint density at radius 2 is 1.96 bits per heavy atom. The van der Waals surface area contributed by atoms with Gasteiger partial charge in [-0.1, -0.05) is 24.3 Å². The van der Waals surface area contributed by atoms with Crippen LogP contribution >= 0.6 is 0 Å². The zero-order valence-electron chi connectivity index (χ0n) is 14.7. The summed E-state index contributed by atoms with van der Waals surface area (Å²) < 4.78 is 0. The number of hydrogen-bond donors (Lipinski definition) is 3. The van der Waals surface area contributed by atoms with E-state index in [1.54, 1.807) is 4.90 Å². The topological polar surface area (TPSA) is 105 Å². The minimum absolute atomic E-state index is 0.163. The van der Waals surface area contributed by atoms with Gasteiger partial charge in [0, 0.05) is 36.4 Å². The van der Waals surface area contributed by atoms with Gasteiger partial charge < -0.3 is 16.0 Å². The standard InChI is InChI=1S/C20H20N4O3/c21-14-5-2-6-15(9-14)22-10-12-3-1-4-13-11-24(20(27)18(12)13)16-7-8-17(25)23-19(16)26/h1-6,9,16,22H,7-8,10-11,21H2,(H,23,25,26). The first-order valence-corrected chi connectivity index (χ1v) is 8.88. The van der Waals surface area contributed by atoms with Crippen molar-refractivity contribution in [2.75, 3.05) is 11.1 Å². The first kappa shape index (κ1) is 17.1. The molecule has 0 aliphatic carbocycles. The van der Waals surface area contributed by atoms with Crippen molar-refractivity contribution in [2.45, 2.75) is 32.0 Å². The van der Waals surface area contributed by atoms with Crippen LogP contribution in [0.3, 0.4) is 0 Å². The molecule has 1 unspecified atom stereocenters. The van der Waals surface area contributed by atoms with Crippen molar-refractivity contribution >= 4 is 29.1 Å². The second-order valence-corrected chi connectivity index (χ2v) is 6.83. The van der Waals surface area contributed by atoms with Crippen molar-refractivity contribution in [3.63, 3.8) is 0 Å². The van der Waals surface area contributed by atoms with Gasteiger partial charge in [-0.3, -0.25) is 19.7 Å². The lowest BCUT2D eigenvalue weighted by Crippen LogP contribution is -2.52. The Morgan fingerprint density at radius 3 is 2.74 bits per heavy atom. The molecule has 4 N–H and O–H groups in total. The molecule has 2 heterocycles. The van der Waals surface area contributed by atoms with E-state index in [4.69, 9.17) is 5.73 Å². The lowest BCUT2D eigenvalue weighted by molar-refractivity contribution is -0.136. The molecule has 1 atom stereocenters. The lowest BCUT2D eigenvalue weighted by Gasteiger charge is -2.29. The molecular weight excluding hydrogens is 344 g/mol. The molecule has 4 rings (SSSR count). The molecule has 0 spiro atoms. The van der Waals surface area contributed by atoms with E-state index in [-0.39, 0.29) is 18.2 Å². The second kappa shape index (κ2) is 6.75. The predicted octanol–water partition coefficient (Wildman–Crippen LogP) is 1.64. The van der Waals surface area contributed by atoms with E-state index in [1.165, 1.54) is 0 Å². The quantitative estimate of drug-likeness (QED) is 0.565. The highest BCUT2D eigenvalue weighted by Gasteiger charge is 2.39. The van der Waals surface area contributed by atoms with Crippen LogP contribution in [0.1, 0.15) is 34.3 Å². The third-order valence-corrected chi connectivity index (χ3v) is 5.01. The van der Waals surface area contributed by atoms with Crippen molar-refractivity contribution in [1.29, 1.82) is 0 Å². The van der Waals surface area contributed by atoms with Crippen LogP contribution in [-0.4, -0.2) is 28.7 Å². The number of amides is 3. The molecule has 3 amide bonds. The van der Waals surface area contributed by atoms with E-state index in [1.807, 2.05) is 42.5 Å². The molecule has 27 heavy (non-hydrogen) atoms. The van der Waals surface area contributed by atoms with Crippen LogP contribution in [0.25, 0.3) is 0 Å².